The molecular weight excluding hydrogens is 566 g/mol. The molecule has 1 N–H and O–H groups in total. The number of aliphatic hydroxyl groups is 1. The van der Waals surface area contributed by atoms with Crippen molar-refractivity contribution in [1.82, 2.24) is 24.8 Å². The number of rotatable bonds is 16. The van der Waals surface area contributed by atoms with Gasteiger partial charge in [0.15, 0.2) is 0 Å². The second-order valence-electron chi connectivity index (χ2n) is 12.1. The number of unbranched alkanes of at least 4 members (excludes halogenated alkanes) is 4. The fourth-order valence-electron chi connectivity index (χ4n) is 7.26. The van der Waals surface area contributed by atoms with E-state index < -0.39 is 27.4 Å². The van der Waals surface area contributed by atoms with Crippen LogP contribution in [0.5, 0.6) is 0 Å². The van der Waals surface area contributed by atoms with Crippen LogP contribution in [-0.4, -0.2) is 89.5 Å². The highest BCUT2D eigenvalue weighted by Gasteiger charge is 2.77. The van der Waals surface area contributed by atoms with Gasteiger partial charge in [0.25, 0.3) is 0 Å². The van der Waals surface area contributed by atoms with Crippen molar-refractivity contribution in [1.29, 1.82) is 0 Å². The third-order valence-electron chi connectivity index (χ3n) is 9.25. The zero-order valence-electron chi connectivity index (χ0n) is 25.0. The van der Waals surface area contributed by atoms with Crippen molar-refractivity contribution >= 4 is 40.6 Å². The lowest BCUT2D eigenvalue weighted by Gasteiger charge is -2.37. The normalized spacial score (nSPS) is 27.4. The summed E-state index contributed by atoms with van der Waals surface area (Å²) in [6.45, 7) is 10.9. The topological polar surface area (TPSA) is 118 Å². The molecule has 1 aromatic heterocycles. The van der Waals surface area contributed by atoms with Crippen LogP contribution in [0, 0.1) is 11.8 Å². The molecule has 2 aromatic rings. The molecular formula is C32H43N5O5S. The van der Waals surface area contributed by atoms with E-state index in [2.05, 4.69) is 30.4 Å². The molecule has 3 fully saturated rings. The molecule has 10 nitrogen and oxygen atoms in total. The molecule has 1 aromatic carbocycles. The van der Waals surface area contributed by atoms with Crippen molar-refractivity contribution in [2.24, 2.45) is 11.8 Å². The zero-order chi connectivity index (χ0) is 30.6. The van der Waals surface area contributed by atoms with Gasteiger partial charge in [-0.25, -0.2) is 4.68 Å². The van der Waals surface area contributed by atoms with E-state index in [1.807, 2.05) is 30.3 Å². The summed E-state index contributed by atoms with van der Waals surface area (Å²) in [5.41, 5.74) is 1.54. The quantitative estimate of drug-likeness (QED) is 0.173. The lowest BCUT2D eigenvalue weighted by atomic mass is 9.66. The molecule has 1 spiro atoms. The van der Waals surface area contributed by atoms with Gasteiger partial charge in [0.1, 0.15) is 18.2 Å². The van der Waals surface area contributed by atoms with Crippen molar-refractivity contribution in [3.05, 3.63) is 49.6 Å². The molecule has 3 aliphatic heterocycles. The van der Waals surface area contributed by atoms with Gasteiger partial charge in [-0.15, -0.1) is 30.0 Å². The largest absolute Gasteiger partial charge is 0.465 e. The highest BCUT2D eigenvalue weighted by molar-refractivity contribution is 8.02. The van der Waals surface area contributed by atoms with Gasteiger partial charge in [-0.05, 0) is 70.4 Å². The van der Waals surface area contributed by atoms with E-state index in [4.69, 9.17) is 4.74 Å². The first-order valence-electron chi connectivity index (χ1n) is 15.4. The first kappa shape index (κ1) is 31.3. The lowest BCUT2D eigenvalue weighted by Crippen LogP contribution is -2.55. The molecule has 5 atom stereocenters. The van der Waals surface area contributed by atoms with E-state index in [9.17, 15) is 19.5 Å². The van der Waals surface area contributed by atoms with Gasteiger partial charge in [0, 0.05) is 24.4 Å². The van der Waals surface area contributed by atoms with Crippen molar-refractivity contribution in [2.75, 3.05) is 26.3 Å². The molecule has 11 heteroatoms. The predicted octanol–water partition coefficient (Wildman–Crippen LogP) is 3.95. The summed E-state index contributed by atoms with van der Waals surface area (Å²) >= 11 is 1.64. The molecule has 2 amide bonds. The smallest absolute Gasteiger partial charge is 0.311 e. The van der Waals surface area contributed by atoms with Gasteiger partial charge in [-0.3, -0.25) is 14.4 Å². The molecule has 3 aliphatic rings. The summed E-state index contributed by atoms with van der Waals surface area (Å²) in [7, 11) is 0. The molecule has 43 heavy (non-hydrogen) atoms. The number of aromatic nitrogens is 3. The lowest BCUT2D eigenvalue weighted by molar-refractivity contribution is -0.155. The molecule has 232 valence electrons. The minimum absolute atomic E-state index is 0.0801. The number of hydrogen-bond acceptors (Lipinski definition) is 8. The van der Waals surface area contributed by atoms with Crippen LogP contribution in [0.3, 0.4) is 0 Å². The van der Waals surface area contributed by atoms with Crippen molar-refractivity contribution in [2.45, 2.75) is 80.5 Å². The van der Waals surface area contributed by atoms with E-state index >= 15 is 0 Å². The number of allylic oxidation sites excluding steroid dienone is 1. The molecule has 0 radical (unpaired) electrons. The second kappa shape index (κ2) is 13.2. The van der Waals surface area contributed by atoms with E-state index in [-0.39, 0.29) is 37.6 Å². The maximum Gasteiger partial charge on any atom is 0.311 e. The van der Waals surface area contributed by atoms with E-state index in [1.54, 1.807) is 32.3 Å². The maximum atomic E-state index is 14.7. The zero-order valence-corrected chi connectivity index (χ0v) is 25.8. The Kier molecular flexibility index (Phi) is 9.60. The van der Waals surface area contributed by atoms with Gasteiger partial charge in [0.2, 0.25) is 11.8 Å². The Morgan fingerprint density at radius 2 is 1.98 bits per heavy atom. The second-order valence-corrected chi connectivity index (χ2v) is 14.0. The number of likely N-dealkylation sites (tertiary alicyclic amines) is 1. The highest BCUT2D eigenvalue weighted by Crippen LogP contribution is 2.71. The number of para-hydroxylation sites is 1. The summed E-state index contributed by atoms with van der Waals surface area (Å²) in [5.74, 6) is -1.88. The number of hydrogen-bond donors (Lipinski definition) is 1. The van der Waals surface area contributed by atoms with E-state index in [0.717, 1.165) is 43.1 Å². The number of carbonyl (C=O) groups excluding carboxylic acids is 3. The molecule has 4 heterocycles. The maximum absolute atomic E-state index is 14.7. The Labute approximate surface area is 257 Å². The Morgan fingerprint density at radius 3 is 2.74 bits per heavy atom. The van der Waals surface area contributed by atoms with Crippen molar-refractivity contribution < 1.29 is 24.2 Å². The van der Waals surface area contributed by atoms with Crippen LogP contribution in [0.4, 0.5) is 0 Å². The summed E-state index contributed by atoms with van der Waals surface area (Å²) in [6.07, 6.45) is 9.45. The van der Waals surface area contributed by atoms with Crippen LogP contribution >= 0.6 is 11.8 Å². The SMILES string of the molecule is C=CCCCCOC(=O)[C@@H]1[C@H]2C(=O)N(CCCCCO)C(C(=O)N(CC=C)Cn3nnc4ccccc43)C23CC[C@@]1(C)S3. The number of thioether (sulfide) groups is 1. The fourth-order valence-corrected chi connectivity index (χ4v) is 9.60. The van der Waals surface area contributed by atoms with Gasteiger partial charge in [-0.1, -0.05) is 29.5 Å². The van der Waals surface area contributed by atoms with Gasteiger partial charge < -0.3 is 19.6 Å². The van der Waals surface area contributed by atoms with Gasteiger partial charge >= 0.3 is 5.97 Å². The third-order valence-corrected chi connectivity index (χ3v) is 11.2. The average Bonchev–Trinajstić information content (AvgIpc) is 3.70. The first-order chi connectivity index (χ1) is 20.8. The number of benzene rings is 1. The average molecular weight is 610 g/mol. The molecule has 3 saturated heterocycles. The number of nitrogens with zero attached hydrogens (tertiary/aromatic N) is 5. The number of esters is 1. The summed E-state index contributed by atoms with van der Waals surface area (Å²) in [6, 6.07) is 6.85. The summed E-state index contributed by atoms with van der Waals surface area (Å²) in [4.78, 5) is 46.0. The minimum Gasteiger partial charge on any atom is -0.465 e. The van der Waals surface area contributed by atoms with Crippen molar-refractivity contribution in [3.8, 4) is 0 Å². The van der Waals surface area contributed by atoms with Crippen LogP contribution in [0.15, 0.2) is 49.6 Å². The summed E-state index contributed by atoms with van der Waals surface area (Å²) < 4.78 is 6.26. The number of aliphatic hydroxyl groups excluding tert-OH is 1. The monoisotopic (exact) mass is 609 g/mol. The molecule has 2 bridgehead atoms. The van der Waals surface area contributed by atoms with Crippen LogP contribution in [0.1, 0.15) is 58.3 Å². The molecule has 2 unspecified atom stereocenters. The molecule has 0 aliphatic carbocycles. The summed E-state index contributed by atoms with van der Waals surface area (Å²) in [5, 5.41) is 17.9. The van der Waals surface area contributed by atoms with E-state index in [1.165, 1.54) is 0 Å². The first-order valence-corrected chi connectivity index (χ1v) is 16.2. The number of fused-ring (bicyclic) bond motifs is 2. The predicted molar refractivity (Wildman–Crippen MR) is 166 cm³/mol. The third kappa shape index (κ3) is 5.73. The number of ether oxygens (including phenoxy) is 1. The van der Waals surface area contributed by atoms with Crippen molar-refractivity contribution in [3.63, 3.8) is 0 Å². The molecule has 0 saturated carbocycles. The van der Waals surface area contributed by atoms with Crippen LogP contribution in [-0.2, 0) is 25.8 Å². The van der Waals surface area contributed by atoms with Gasteiger partial charge in [0.05, 0.1) is 28.7 Å². The number of amides is 2. The highest BCUT2D eigenvalue weighted by atomic mass is 32.2. The van der Waals surface area contributed by atoms with Crippen LogP contribution < -0.4 is 0 Å². The Morgan fingerprint density at radius 1 is 1.16 bits per heavy atom. The Bertz CT molecular complexity index is 1360. The van der Waals surface area contributed by atoms with Gasteiger partial charge in [-0.2, -0.15) is 0 Å². The van der Waals surface area contributed by atoms with Crippen LogP contribution in [0.2, 0.25) is 0 Å². The van der Waals surface area contributed by atoms with Crippen LogP contribution in [0.25, 0.3) is 11.0 Å². The Hall–Kier alpha value is -3.18. The van der Waals surface area contributed by atoms with E-state index in [0.29, 0.717) is 32.4 Å². The fraction of sp³-hybridized carbons (Fsp3) is 0.594. The number of carbonyl (C=O) groups is 3. The minimum atomic E-state index is -0.730. The molecule has 5 rings (SSSR count). The Balaban J connectivity index is 1.45. The standard InChI is InChI=1S/C32H43N5O5S/c1-4-6-7-13-21-42-30(41)26-25-28(39)36(19-11-8-12-20-38)27(32(25)17-16-31(26,3)43-32)29(40)35(18-5-2)22-37-24-15-10-9-14-23(24)33-34-37/h4-5,9-10,14-15,25-27,38H,1-2,6-8,11-13,16-22H2,3H3/t25-,26-,27?,31+,32?/m0/s1.